The molecular weight excluding hydrogens is 200 g/mol. The van der Waals surface area contributed by atoms with E-state index in [1.807, 2.05) is 5.38 Å². The van der Waals surface area contributed by atoms with Crippen LogP contribution in [0.1, 0.15) is 23.2 Å². The molecule has 0 amide bonds. The molecule has 0 aromatic carbocycles. The van der Waals surface area contributed by atoms with Gasteiger partial charge in [0.25, 0.3) is 0 Å². The second kappa shape index (κ2) is 5.67. The molecule has 1 rings (SSSR count). The fraction of sp³-hybridized carbons (Fsp3) is 0.400. The predicted octanol–water partition coefficient (Wildman–Crippen LogP) is 1.93. The van der Waals surface area contributed by atoms with Crippen molar-refractivity contribution in [3.05, 3.63) is 22.4 Å². The number of hydrogen-bond acceptors (Lipinski definition) is 4. The summed E-state index contributed by atoms with van der Waals surface area (Å²) in [6, 6.07) is 1.73. The summed E-state index contributed by atoms with van der Waals surface area (Å²) in [6.45, 7) is 0.385. The fourth-order valence-corrected chi connectivity index (χ4v) is 1.67. The van der Waals surface area contributed by atoms with Crippen LogP contribution in [0.4, 0.5) is 0 Å². The summed E-state index contributed by atoms with van der Waals surface area (Å²) < 4.78 is 4.75. The zero-order chi connectivity index (χ0) is 10.4. The largest absolute Gasteiger partial charge is 0.384 e. The minimum absolute atomic E-state index is 0.0138. The molecule has 0 N–H and O–H groups in total. The third kappa shape index (κ3) is 3.40. The van der Waals surface area contributed by atoms with Gasteiger partial charge < -0.3 is 4.74 Å². The number of ether oxygens (including phenoxy) is 1. The summed E-state index contributed by atoms with van der Waals surface area (Å²) in [5.74, 6) is -0.171. The van der Waals surface area contributed by atoms with E-state index in [0.717, 1.165) is 0 Å². The Balaban J connectivity index is 2.38. The lowest BCUT2D eigenvalue weighted by atomic mass is 10.1. The van der Waals surface area contributed by atoms with E-state index in [4.69, 9.17) is 4.74 Å². The van der Waals surface area contributed by atoms with E-state index in [1.54, 1.807) is 11.4 Å². The third-order valence-corrected chi connectivity index (χ3v) is 2.47. The fourth-order valence-electron chi connectivity index (χ4n) is 1.01. The lowest BCUT2D eigenvalue weighted by Gasteiger charge is -1.98. The van der Waals surface area contributed by atoms with Crippen LogP contribution in [0.5, 0.6) is 0 Å². The van der Waals surface area contributed by atoms with E-state index < -0.39 is 0 Å². The Morgan fingerprint density at radius 2 is 2.29 bits per heavy atom. The molecule has 0 atom stereocenters. The van der Waals surface area contributed by atoms with Gasteiger partial charge >= 0.3 is 0 Å². The molecular formula is C10H12O3S. The first-order valence-electron chi connectivity index (χ1n) is 4.30. The minimum Gasteiger partial charge on any atom is -0.384 e. The standard InChI is InChI=1S/C10H12O3S/c1-13-4-2-9(11)6-10(12)8-3-5-14-7-8/h3,5,7H,2,4,6H2,1H3. The number of rotatable bonds is 6. The molecule has 14 heavy (non-hydrogen) atoms. The second-order valence-corrected chi connectivity index (χ2v) is 3.67. The Hall–Kier alpha value is -1.000. The SMILES string of the molecule is COCCC(=O)CC(=O)c1ccsc1. The molecule has 0 saturated heterocycles. The van der Waals surface area contributed by atoms with Crippen molar-refractivity contribution in [2.24, 2.45) is 0 Å². The van der Waals surface area contributed by atoms with Crippen LogP contribution in [-0.2, 0) is 9.53 Å². The van der Waals surface area contributed by atoms with Gasteiger partial charge in [0, 0.05) is 24.5 Å². The highest BCUT2D eigenvalue weighted by Crippen LogP contribution is 2.09. The molecule has 1 aromatic heterocycles. The number of thiophene rings is 1. The van der Waals surface area contributed by atoms with Crippen LogP contribution in [0, 0.1) is 0 Å². The molecule has 0 fully saturated rings. The quantitative estimate of drug-likeness (QED) is 0.534. The van der Waals surface area contributed by atoms with Gasteiger partial charge in [0.15, 0.2) is 5.78 Å². The van der Waals surface area contributed by atoms with Gasteiger partial charge in [-0.05, 0) is 11.4 Å². The van der Waals surface area contributed by atoms with Crippen molar-refractivity contribution in [1.29, 1.82) is 0 Å². The van der Waals surface area contributed by atoms with Crippen LogP contribution in [0.3, 0.4) is 0 Å². The summed E-state index contributed by atoms with van der Waals surface area (Å²) >= 11 is 1.46. The summed E-state index contributed by atoms with van der Waals surface area (Å²) in [5.41, 5.74) is 0.626. The average molecular weight is 212 g/mol. The minimum atomic E-state index is -0.104. The van der Waals surface area contributed by atoms with Crippen molar-refractivity contribution in [2.75, 3.05) is 13.7 Å². The Bertz CT molecular complexity index is 303. The van der Waals surface area contributed by atoms with Crippen molar-refractivity contribution in [1.82, 2.24) is 0 Å². The van der Waals surface area contributed by atoms with Crippen molar-refractivity contribution in [3.63, 3.8) is 0 Å². The molecule has 0 unspecified atom stereocenters. The molecule has 1 heterocycles. The van der Waals surface area contributed by atoms with Gasteiger partial charge in [-0.2, -0.15) is 11.3 Å². The Kier molecular flexibility index (Phi) is 4.49. The summed E-state index contributed by atoms with van der Waals surface area (Å²) in [7, 11) is 1.54. The van der Waals surface area contributed by atoms with E-state index in [2.05, 4.69) is 0 Å². The number of ketones is 2. The third-order valence-electron chi connectivity index (χ3n) is 1.79. The maximum absolute atomic E-state index is 11.4. The van der Waals surface area contributed by atoms with Crippen molar-refractivity contribution >= 4 is 22.9 Å². The molecule has 76 valence electrons. The lowest BCUT2D eigenvalue weighted by molar-refractivity contribution is -0.119. The number of Topliss-reactive ketones (excluding diaryl/α,β-unsaturated/α-hetero) is 2. The smallest absolute Gasteiger partial charge is 0.171 e. The highest BCUT2D eigenvalue weighted by Gasteiger charge is 2.11. The number of hydrogen-bond donors (Lipinski definition) is 0. The van der Waals surface area contributed by atoms with E-state index >= 15 is 0 Å². The first-order chi connectivity index (χ1) is 6.74. The molecule has 0 spiro atoms. The van der Waals surface area contributed by atoms with Crippen LogP contribution < -0.4 is 0 Å². The maximum Gasteiger partial charge on any atom is 0.171 e. The Morgan fingerprint density at radius 3 is 2.86 bits per heavy atom. The van der Waals surface area contributed by atoms with Gasteiger partial charge in [-0.1, -0.05) is 0 Å². The van der Waals surface area contributed by atoms with Gasteiger partial charge in [-0.15, -0.1) is 0 Å². The molecule has 0 bridgehead atoms. The highest BCUT2D eigenvalue weighted by molar-refractivity contribution is 7.08. The Labute approximate surface area is 86.7 Å². The van der Waals surface area contributed by atoms with Crippen molar-refractivity contribution in [2.45, 2.75) is 12.8 Å². The molecule has 4 heteroatoms. The molecule has 0 aliphatic rings. The van der Waals surface area contributed by atoms with Crippen LogP contribution in [0.2, 0.25) is 0 Å². The van der Waals surface area contributed by atoms with Crippen molar-refractivity contribution < 1.29 is 14.3 Å². The average Bonchev–Trinajstić information content (AvgIpc) is 2.67. The van der Waals surface area contributed by atoms with Gasteiger partial charge in [-0.25, -0.2) is 0 Å². The van der Waals surface area contributed by atoms with Gasteiger partial charge in [0.05, 0.1) is 13.0 Å². The van der Waals surface area contributed by atoms with Gasteiger partial charge in [-0.3, -0.25) is 9.59 Å². The van der Waals surface area contributed by atoms with E-state index in [0.29, 0.717) is 18.6 Å². The lowest BCUT2D eigenvalue weighted by Crippen LogP contribution is -2.09. The van der Waals surface area contributed by atoms with E-state index in [1.165, 1.54) is 18.4 Å². The van der Waals surface area contributed by atoms with Crippen LogP contribution in [-0.4, -0.2) is 25.3 Å². The first-order valence-corrected chi connectivity index (χ1v) is 5.24. The maximum atomic E-state index is 11.4. The summed E-state index contributed by atoms with van der Waals surface area (Å²) in [4.78, 5) is 22.6. The number of carbonyl (C=O) groups excluding carboxylic acids is 2. The second-order valence-electron chi connectivity index (χ2n) is 2.89. The normalized spacial score (nSPS) is 10.1. The molecule has 0 saturated carbocycles. The van der Waals surface area contributed by atoms with Gasteiger partial charge in [0.1, 0.15) is 5.78 Å². The molecule has 0 aliphatic carbocycles. The number of carbonyl (C=O) groups is 2. The molecule has 0 radical (unpaired) electrons. The topological polar surface area (TPSA) is 43.4 Å². The van der Waals surface area contributed by atoms with E-state index in [9.17, 15) is 9.59 Å². The zero-order valence-corrected chi connectivity index (χ0v) is 8.80. The zero-order valence-electron chi connectivity index (χ0n) is 7.99. The molecule has 0 aliphatic heterocycles. The summed E-state index contributed by atoms with van der Waals surface area (Å²) in [5, 5.41) is 3.58. The first kappa shape index (κ1) is 11.1. The Morgan fingerprint density at radius 1 is 1.50 bits per heavy atom. The molecule has 1 aromatic rings. The monoisotopic (exact) mass is 212 g/mol. The van der Waals surface area contributed by atoms with Crippen LogP contribution in [0.25, 0.3) is 0 Å². The van der Waals surface area contributed by atoms with Crippen LogP contribution >= 0.6 is 11.3 Å². The molecule has 3 nitrogen and oxygen atoms in total. The summed E-state index contributed by atoms with van der Waals surface area (Å²) in [6.07, 6.45) is 0.298. The van der Waals surface area contributed by atoms with Crippen molar-refractivity contribution in [3.8, 4) is 0 Å². The van der Waals surface area contributed by atoms with Crippen LogP contribution in [0.15, 0.2) is 16.8 Å². The highest BCUT2D eigenvalue weighted by atomic mass is 32.1. The number of methoxy groups -OCH3 is 1. The van der Waals surface area contributed by atoms with Gasteiger partial charge in [0.2, 0.25) is 0 Å². The van der Waals surface area contributed by atoms with E-state index in [-0.39, 0.29) is 18.0 Å². The predicted molar refractivity (Wildman–Crippen MR) is 54.8 cm³/mol.